The van der Waals surface area contributed by atoms with Crippen LogP contribution in [0.3, 0.4) is 0 Å². The van der Waals surface area contributed by atoms with Gasteiger partial charge in [-0.2, -0.15) is 0 Å². The molecule has 5 rings (SSSR count). The minimum Gasteiger partial charge on any atom is -0.480 e. The molecule has 1 saturated carbocycles. The van der Waals surface area contributed by atoms with Crippen LogP contribution in [-0.2, 0) is 36.6 Å². The number of carbonyl (C=O) groups excluding carboxylic acids is 5. The second kappa shape index (κ2) is 17.4. The van der Waals surface area contributed by atoms with Crippen molar-refractivity contribution in [2.24, 2.45) is 5.41 Å². The Morgan fingerprint density at radius 2 is 1.54 bits per heavy atom. The van der Waals surface area contributed by atoms with Crippen molar-refractivity contribution in [1.82, 2.24) is 9.80 Å². The first-order chi connectivity index (χ1) is 26.9. The Labute approximate surface area is 343 Å². The molecule has 306 valence electrons. The van der Waals surface area contributed by atoms with E-state index in [2.05, 4.69) is 64.3 Å². The summed E-state index contributed by atoms with van der Waals surface area (Å²) in [4.78, 5) is 71.9. The largest absolute Gasteiger partial charge is 0.480 e. The molecule has 3 atom stereocenters. The number of anilines is 2. The summed E-state index contributed by atoms with van der Waals surface area (Å²) in [5.74, 6) is -1.74. The molecule has 1 aliphatic heterocycles. The van der Waals surface area contributed by atoms with Crippen LogP contribution >= 0.6 is 11.6 Å². The molecule has 2 fully saturated rings. The van der Waals surface area contributed by atoms with Crippen molar-refractivity contribution >= 4 is 52.5 Å². The number of hydrogen-bond donors (Lipinski definition) is 2. The summed E-state index contributed by atoms with van der Waals surface area (Å²) in [6.07, 6.45) is 3.86. The highest BCUT2D eigenvalue weighted by molar-refractivity contribution is 6.34. The fourth-order valence-corrected chi connectivity index (χ4v) is 7.40. The van der Waals surface area contributed by atoms with Gasteiger partial charge in [-0.1, -0.05) is 116 Å². The summed E-state index contributed by atoms with van der Waals surface area (Å²) in [5, 5.41) is 5.77. The number of urea groups is 1. The molecule has 0 radical (unpaired) electrons. The van der Waals surface area contributed by atoms with Crippen LogP contribution in [0.2, 0.25) is 5.02 Å². The molecular formula is C46H59ClN4O6. The van der Waals surface area contributed by atoms with Gasteiger partial charge >= 0.3 is 6.03 Å². The third-order valence-electron chi connectivity index (χ3n) is 12.5. The number of benzene rings is 3. The zero-order valence-corrected chi connectivity index (χ0v) is 35.7. The number of carbonyl (C=O) groups is 5. The van der Waals surface area contributed by atoms with E-state index in [0.29, 0.717) is 17.9 Å². The Kier molecular flexibility index (Phi) is 13.3. The van der Waals surface area contributed by atoms with Crippen molar-refractivity contribution in [2.75, 3.05) is 10.6 Å². The maximum Gasteiger partial charge on any atom is 0.328 e. The Balaban J connectivity index is 1.38. The lowest BCUT2D eigenvalue weighted by molar-refractivity contribution is -0.141. The van der Waals surface area contributed by atoms with Gasteiger partial charge in [-0.15, -0.1) is 0 Å². The maximum absolute atomic E-state index is 14.2. The fraction of sp³-hybridized carbons (Fsp3) is 0.500. The van der Waals surface area contributed by atoms with Gasteiger partial charge in [0.05, 0.1) is 10.7 Å². The zero-order chi connectivity index (χ0) is 41.9. The molecule has 10 nitrogen and oxygen atoms in total. The number of imide groups is 1. The molecule has 3 aromatic carbocycles. The Bertz CT molecular complexity index is 1990. The lowest BCUT2D eigenvalue weighted by Gasteiger charge is -2.31. The van der Waals surface area contributed by atoms with Gasteiger partial charge in [0.25, 0.3) is 17.7 Å². The number of rotatable bonds is 18. The van der Waals surface area contributed by atoms with Crippen LogP contribution in [0.25, 0.3) is 0 Å². The average Bonchev–Trinajstić information content (AvgIpc) is 3.94. The number of halogens is 1. The first-order valence-corrected chi connectivity index (χ1v) is 20.7. The van der Waals surface area contributed by atoms with Crippen LogP contribution in [0.1, 0.15) is 124 Å². The SMILES string of the molecule is CCC(Oc1ccc(C(C)(C)CC)cc1C(C)(C)CC)C(=O)Nc1ccc(Cl)c(NC(=O)C(C(=O)CC2(CC)CC2)N2C(=O)C(C)N(Cc3ccccc3)C2=O)c1. The van der Waals surface area contributed by atoms with Crippen molar-refractivity contribution in [2.45, 2.75) is 143 Å². The molecule has 57 heavy (non-hydrogen) atoms. The van der Waals surface area contributed by atoms with Crippen molar-refractivity contribution in [3.05, 3.63) is 88.4 Å². The minimum absolute atomic E-state index is 0.0246. The zero-order valence-electron chi connectivity index (χ0n) is 35.0. The van der Waals surface area contributed by atoms with Crippen LogP contribution in [0.15, 0.2) is 66.7 Å². The molecule has 5 amide bonds. The van der Waals surface area contributed by atoms with Crippen LogP contribution in [0, 0.1) is 5.41 Å². The average molecular weight is 799 g/mol. The Hall–Kier alpha value is -4.70. The molecule has 11 heteroatoms. The van der Waals surface area contributed by atoms with E-state index in [1.54, 1.807) is 13.0 Å². The van der Waals surface area contributed by atoms with Gasteiger partial charge in [-0.25, -0.2) is 9.69 Å². The Morgan fingerprint density at radius 1 is 0.877 bits per heavy atom. The number of nitrogens with zero attached hydrogens (tertiary/aromatic N) is 2. The van der Waals surface area contributed by atoms with Crippen molar-refractivity contribution in [3.8, 4) is 5.75 Å². The lowest BCUT2D eigenvalue weighted by atomic mass is 9.76. The predicted molar refractivity (Wildman–Crippen MR) is 226 cm³/mol. The molecule has 0 bridgehead atoms. The van der Waals surface area contributed by atoms with E-state index in [1.165, 1.54) is 22.6 Å². The predicted octanol–water partition coefficient (Wildman–Crippen LogP) is 9.82. The van der Waals surface area contributed by atoms with Crippen molar-refractivity contribution < 1.29 is 28.7 Å². The van der Waals surface area contributed by atoms with Gasteiger partial charge in [-0.05, 0) is 90.7 Å². The van der Waals surface area contributed by atoms with Gasteiger partial charge in [0.2, 0.25) is 0 Å². The minimum atomic E-state index is -1.71. The number of nitrogens with one attached hydrogen (secondary N) is 2. The number of hydrogen-bond acceptors (Lipinski definition) is 6. The molecule has 2 aliphatic rings. The van der Waals surface area contributed by atoms with E-state index in [-0.39, 0.29) is 39.9 Å². The van der Waals surface area contributed by atoms with Crippen molar-refractivity contribution in [1.29, 1.82) is 0 Å². The third-order valence-corrected chi connectivity index (χ3v) is 12.8. The summed E-state index contributed by atoms with van der Waals surface area (Å²) < 4.78 is 6.46. The van der Waals surface area contributed by atoms with Gasteiger partial charge < -0.3 is 20.3 Å². The lowest BCUT2D eigenvalue weighted by Crippen LogP contribution is -2.53. The normalized spacial score (nSPS) is 17.6. The van der Waals surface area contributed by atoms with Gasteiger partial charge in [0.1, 0.15) is 11.8 Å². The molecule has 0 spiro atoms. The second-order valence-corrected chi connectivity index (χ2v) is 17.5. The van der Waals surface area contributed by atoms with E-state index in [9.17, 15) is 24.0 Å². The molecule has 1 aliphatic carbocycles. The molecule has 3 aromatic rings. The van der Waals surface area contributed by atoms with Crippen LogP contribution in [-0.4, -0.2) is 57.5 Å². The van der Waals surface area contributed by atoms with Crippen molar-refractivity contribution in [3.63, 3.8) is 0 Å². The highest BCUT2D eigenvalue weighted by Gasteiger charge is 2.53. The summed E-state index contributed by atoms with van der Waals surface area (Å²) in [6, 6.07) is 16.8. The number of ketones is 1. The maximum atomic E-state index is 14.2. The second-order valence-electron chi connectivity index (χ2n) is 17.1. The van der Waals surface area contributed by atoms with E-state index >= 15 is 0 Å². The fourth-order valence-electron chi connectivity index (χ4n) is 7.24. The number of ether oxygens (including phenoxy) is 1. The molecule has 1 heterocycles. The van der Waals surface area contributed by atoms with Crippen LogP contribution < -0.4 is 15.4 Å². The summed E-state index contributed by atoms with van der Waals surface area (Å²) in [5.41, 5.74) is 3.01. The van der Waals surface area contributed by atoms with E-state index < -0.39 is 47.7 Å². The monoisotopic (exact) mass is 798 g/mol. The molecule has 1 saturated heterocycles. The van der Waals surface area contributed by atoms with Gasteiger partial charge in [0.15, 0.2) is 17.9 Å². The first kappa shape index (κ1) is 43.4. The van der Waals surface area contributed by atoms with Crippen LogP contribution in [0.4, 0.5) is 16.2 Å². The summed E-state index contributed by atoms with van der Waals surface area (Å²) in [7, 11) is 0. The van der Waals surface area contributed by atoms with E-state index in [1.807, 2.05) is 50.2 Å². The molecule has 3 unspecified atom stereocenters. The third kappa shape index (κ3) is 9.54. The molecule has 2 N–H and O–H groups in total. The Morgan fingerprint density at radius 3 is 2.14 bits per heavy atom. The van der Waals surface area contributed by atoms with Gasteiger partial charge in [-0.3, -0.25) is 19.2 Å². The topological polar surface area (TPSA) is 125 Å². The van der Waals surface area contributed by atoms with Crippen LogP contribution in [0.5, 0.6) is 5.75 Å². The smallest absolute Gasteiger partial charge is 0.328 e. The highest BCUT2D eigenvalue weighted by Crippen LogP contribution is 2.52. The highest BCUT2D eigenvalue weighted by atomic mass is 35.5. The summed E-state index contributed by atoms with van der Waals surface area (Å²) in [6.45, 7) is 18.7. The number of amides is 5. The van der Waals surface area contributed by atoms with E-state index in [4.69, 9.17) is 16.3 Å². The first-order valence-electron chi connectivity index (χ1n) is 20.3. The van der Waals surface area contributed by atoms with Gasteiger partial charge in [0, 0.05) is 24.2 Å². The molecular weight excluding hydrogens is 740 g/mol. The number of Topliss-reactive ketones (excluding diaryl/α,β-unsaturated/α-hetero) is 1. The summed E-state index contributed by atoms with van der Waals surface area (Å²) >= 11 is 6.59. The van der Waals surface area contributed by atoms with E-state index in [0.717, 1.165) is 48.1 Å². The quantitative estimate of drug-likeness (QED) is 0.0976. The standard InChI is InChI=1S/C46H59ClN4O6/c1-10-37(57-38-22-19-31(44(6,7)11-2)25-33(38)45(8,9)12-3)40(53)48-32-20-21-34(47)35(26-32)49-41(54)39(36(52)27-46(13-4)23-24-46)51-42(55)29(5)50(43(51)56)28-30-17-15-14-16-18-30/h14-22,25-26,29,37,39H,10-13,23-24,27-28H2,1-9H3,(H,48,53)(H,49,54). The molecule has 0 aromatic heterocycles.